The smallest absolute Gasteiger partial charge is 0.132 e. The van der Waals surface area contributed by atoms with Gasteiger partial charge in [0.25, 0.3) is 0 Å². The van der Waals surface area contributed by atoms with Gasteiger partial charge in [-0.15, -0.1) is 0 Å². The summed E-state index contributed by atoms with van der Waals surface area (Å²) in [6.45, 7) is 4.64. The van der Waals surface area contributed by atoms with Crippen LogP contribution in [0.3, 0.4) is 0 Å². The number of hydrogen-bond acceptors (Lipinski definition) is 1. The van der Waals surface area contributed by atoms with Gasteiger partial charge in [-0.25, -0.2) is 8.78 Å². The van der Waals surface area contributed by atoms with E-state index in [1.807, 2.05) is 0 Å². The summed E-state index contributed by atoms with van der Waals surface area (Å²) < 4.78 is 26.5. The Bertz CT molecular complexity index is 345. The summed E-state index contributed by atoms with van der Waals surface area (Å²) >= 11 is 0. The van der Waals surface area contributed by atoms with Gasteiger partial charge in [-0.05, 0) is 18.6 Å². The second-order valence-electron chi connectivity index (χ2n) is 4.08. The maximum absolute atomic E-state index is 13.6. The molecule has 3 heteroatoms. The molecule has 1 rings (SSSR count). The Kier molecular flexibility index (Phi) is 2.90. The van der Waals surface area contributed by atoms with Crippen LogP contribution >= 0.6 is 0 Å². The highest BCUT2D eigenvalue weighted by atomic mass is 19.1. The minimum absolute atomic E-state index is 0.00373. The Balaban J connectivity index is 3.31. The maximum atomic E-state index is 13.6. The summed E-state index contributed by atoms with van der Waals surface area (Å²) in [7, 11) is 0. The molecule has 0 bridgehead atoms. The van der Waals surface area contributed by atoms with Gasteiger partial charge in [0.15, 0.2) is 0 Å². The first-order valence-electron chi connectivity index (χ1n) is 4.46. The van der Waals surface area contributed by atoms with E-state index < -0.39 is 17.0 Å². The van der Waals surface area contributed by atoms with Crippen LogP contribution in [0.2, 0.25) is 0 Å². The van der Waals surface area contributed by atoms with E-state index in [0.717, 1.165) is 0 Å². The minimum atomic E-state index is -0.678. The van der Waals surface area contributed by atoms with Crippen LogP contribution in [0.15, 0.2) is 12.1 Å². The highest BCUT2D eigenvalue weighted by Crippen LogP contribution is 2.27. The molecule has 14 heavy (non-hydrogen) atoms. The van der Waals surface area contributed by atoms with Crippen LogP contribution in [0.4, 0.5) is 8.78 Å². The van der Waals surface area contributed by atoms with Crippen LogP contribution in [0.5, 0.6) is 0 Å². The molecule has 0 aromatic heterocycles. The van der Waals surface area contributed by atoms with Crippen molar-refractivity contribution >= 4 is 0 Å². The summed E-state index contributed by atoms with van der Waals surface area (Å²) in [5, 5.41) is 9.07. The fourth-order valence-corrected chi connectivity index (χ4v) is 1.27. The Morgan fingerprint density at radius 2 is 1.86 bits per heavy atom. The lowest BCUT2D eigenvalue weighted by Crippen LogP contribution is -2.24. The van der Waals surface area contributed by atoms with Crippen molar-refractivity contribution in [1.29, 1.82) is 0 Å². The zero-order valence-corrected chi connectivity index (χ0v) is 8.56. The van der Waals surface area contributed by atoms with Crippen molar-refractivity contribution in [3.63, 3.8) is 0 Å². The normalized spacial score (nSPS) is 11.9. The summed E-state index contributed by atoms with van der Waals surface area (Å²) in [4.78, 5) is 0. The Hall–Kier alpha value is -0.960. The third-order valence-electron chi connectivity index (χ3n) is 2.44. The fraction of sp³-hybridized carbons (Fsp3) is 0.455. The first-order valence-corrected chi connectivity index (χ1v) is 4.46. The number of rotatable bonds is 2. The number of aliphatic hydroxyl groups excluding tert-OH is 1. The van der Waals surface area contributed by atoms with Crippen molar-refractivity contribution in [2.24, 2.45) is 0 Å². The molecule has 0 spiro atoms. The molecule has 0 radical (unpaired) electrons. The fourth-order valence-electron chi connectivity index (χ4n) is 1.27. The molecule has 1 aromatic carbocycles. The number of benzene rings is 1. The minimum Gasteiger partial charge on any atom is -0.395 e. The van der Waals surface area contributed by atoms with Gasteiger partial charge in [-0.3, -0.25) is 0 Å². The van der Waals surface area contributed by atoms with Crippen molar-refractivity contribution in [3.05, 3.63) is 34.9 Å². The summed E-state index contributed by atoms with van der Waals surface area (Å²) in [6, 6.07) is 2.61. The summed E-state index contributed by atoms with van der Waals surface area (Å²) in [6.07, 6.45) is 0. The van der Waals surface area contributed by atoms with Crippen LogP contribution < -0.4 is 0 Å². The summed E-state index contributed by atoms with van der Waals surface area (Å²) in [5.41, 5.74) is -0.328. The first kappa shape index (κ1) is 11.1. The van der Waals surface area contributed by atoms with E-state index in [1.54, 1.807) is 13.8 Å². The van der Waals surface area contributed by atoms with Gasteiger partial charge in [0, 0.05) is 11.0 Å². The topological polar surface area (TPSA) is 20.2 Å². The molecule has 0 heterocycles. The van der Waals surface area contributed by atoms with Crippen LogP contribution in [-0.4, -0.2) is 11.7 Å². The Morgan fingerprint density at radius 1 is 1.29 bits per heavy atom. The van der Waals surface area contributed by atoms with Gasteiger partial charge in [-0.1, -0.05) is 19.9 Å². The molecule has 0 aliphatic heterocycles. The molecule has 0 atom stereocenters. The number of halogens is 2. The molecule has 0 saturated carbocycles. The highest BCUT2D eigenvalue weighted by molar-refractivity contribution is 5.31. The first-order chi connectivity index (χ1) is 6.40. The molecular weight excluding hydrogens is 186 g/mol. The average molecular weight is 200 g/mol. The highest BCUT2D eigenvalue weighted by Gasteiger charge is 2.24. The Morgan fingerprint density at radius 3 is 2.36 bits per heavy atom. The lowest BCUT2D eigenvalue weighted by molar-refractivity contribution is 0.214. The van der Waals surface area contributed by atoms with E-state index in [2.05, 4.69) is 0 Å². The van der Waals surface area contributed by atoms with Crippen LogP contribution in [0.25, 0.3) is 0 Å². The van der Waals surface area contributed by atoms with Gasteiger partial charge < -0.3 is 5.11 Å². The van der Waals surface area contributed by atoms with Crippen molar-refractivity contribution in [3.8, 4) is 0 Å². The molecule has 1 N–H and O–H groups in total. The molecular formula is C11H14F2O. The lowest BCUT2D eigenvalue weighted by atomic mass is 9.84. The molecule has 0 aliphatic carbocycles. The van der Waals surface area contributed by atoms with Crippen molar-refractivity contribution in [2.75, 3.05) is 6.61 Å². The zero-order valence-electron chi connectivity index (χ0n) is 8.56. The van der Waals surface area contributed by atoms with Gasteiger partial charge >= 0.3 is 0 Å². The van der Waals surface area contributed by atoms with Crippen LogP contribution in [0, 0.1) is 18.6 Å². The van der Waals surface area contributed by atoms with Crippen molar-refractivity contribution < 1.29 is 13.9 Å². The van der Waals surface area contributed by atoms with E-state index in [9.17, 15) is 8.78 Å². The monoisotopic (exact) mass is 200 g/mol. The SMILES string of the molecule is Cc1c(F)ccc(C(C)(C)CO)c1F. The Labute approximate surface area is 82.4 Å². The van der Waals surface area contributed by atoms with E-state index in [-0.39, 0.29) is 12.2 Å². The van der Waals surface area contributed by atoms with Crippen molar-refractivity contribution in [2.45, 2.75) is 26.2 Å². The zero-order chi connectivity index (χ0) is 10.9. The second-order valence-corrected chi connectivity index (χ2v) is 4.08. The largest absolute Gasteiger partial charge is 0.395 e. The maximum Gasteiger partial charge on any atom is 0.132 e. The molecule has 0 fully saturated rings. The van der Waals surface area contributed by atoms with E-state index in [0.29, 0.717) is 5.56 Å². The molecule has 0 aliphatic rings. The number of aliphatic hydroxyl groups is 1. The van der Waals surface area contributed by atoms with Crippen LogP contribution in [0.1, 0.15) is 25.0 Å². The molecule has 0 unspecified atom stereocenters. The average Bonchev–Trinajstić information content (AvgIpc) is 2.14. The van der Waals surface area contributed by atoms with Gasteiger partial charge in [-0.2, -0.15) is 0 Å². The quantitative estimate of drug-likeness (QED) is 0.777. The molecule has 1 aromatic rings. The van der Waals surface area contributed by atoms with E-state index in [1.165, 1.54) is 19.1 Å². The molecule has 0 amide bonds. The van der Waals surface area contributed by atoms with Crippen LogP contribution in [-0.2, 0) is 5.41 Å². The van der Waals surface area contributed by atoms with Gasteiger partial charge in [0.1, 0.15) is 11.6 Å². The number of hydrogen-bond donors (Lipinski definition) is 1. The standard InChI is InChI=1S/C11H14F2O/c1-7-9(12)5-4-8(10(7)13)11(2,3)6-14/h4-5,14H,6H2,1-3H3. The molecule has 1 nitrogen and oxygen atoms in total. The van der Waals surface area contributed by atoms with Crippen molar-refractivity contribution in [1.82, 2.24) is 0 Å². The molecule has 78 valence electrons. The van der Waals surface area contributed by atoms with E-state index >= 15 is 0 Å². The predicted molar refractivity (Wildman–Crippen MR) is 51.2 cm³/mol. The predicted octanol–water partition coefficient (Wildman–Crippen LogP) is 2.54. The third kappa shape index (κ3) is 1.77. The third-order valence-corrected chi connectivity index (χ3v) is 2.44. The summed E-state index contributed by atoms with van der Waals surface area (Å²) in [5.74, 6) is -1.12. The molecule has 0 saturated heterocycles. The second kappa shape index (κ2) is 3.65. The van der Waals surface area contributed by atoms with Gasteiger partial charge in [0.2, 0.25) is 0 Å². The van der Waals surface area contributed by atoms with Gasteiger partial charge in [0.05, 0.1) is 6.61 Å². The van der Waals surface area contributed by atoms with E-state index in [4.69, 9.17) is 5.11 Å². The lowest BCUT2D eigenvalue weighted by Gasteiger charge is -2.23.